The lowest BCUT2D eigenvalue weighted by Crippen LogP contribution is -2.47. The lowest BCUT2D eigenvalue weighted by Gasteiger charge is -2.35. The molecule has 1 amide bonds. The molecule has 0 unspecified atom stereocenters. The third-order valence-electron chi connectivity index (χ3n) is 4.96. The Hall–Kier alpha value is -2.12. The number of aliphatic carboxylic acids is 1. The number of likely N-dealkylation sites (tertiary alicyclic amines) is 1. The van der Waals surface area contributed by atoms with Crippen LogP contribution in [0.3, 0.4) is 0 Å². The summed E-state index contributed by atoms with van der Waals surface area (Å²) in [6.45, 7) is 6.71. The van der Waals surface area contributed by atoms with Gasteiger partial charge in [0, 0.05) is 25.7 Å². The van der Waals surface area contributed by atoms with E-state index in [4.69, 9.17) is 9.84 Å². The molecule has 1 heterocycles. The van der Waals surface area contributed by atoms with Crippen molar-refractivity contribution in [2.75, 3.05) is 39.8 Å². The van der Waals surface area contributed by atoms with E-state index in [0.717, 1.165) is 38.1 Å². The summed E-state index contributed by atoms with van der Waals surface area (Å²) >= 11 is 0. The van der Waals surface area contributed by atoms with Crippen LogP contribution in [0.1, 0.15) is 32.3 Å². The Balaban J connectivity index is 1.63. The Bertz CT molecular complexity index is 625. The van der Waals surface area contributed by atoms with E-state index < -0.39 is 5.97 Å². The van der Waals surface area contributed by atoms with Gasteiger partial charge in [-0.3, -0.25) is 19.4 Å². The van der Waals surface area contributed by atoms with Gasteiger partial charge in [-0.15, -0.1) is 0 Å². The number of nitrogens with one attached hydrogen (secondary N) is 1. The van der Waals surface area contributed by atoms with Crippen LogP contribution in [0.2, 0.25) is 0 Å². The Morgan fingerprint density at radius 2 is 1.89 bits per heavy atom. The number of hydrogen-bond acceptors (Lipinski definition) is 5. The first-order valence-corrected chi connectivity index (χ1v) is 10.00. The molecule has 28 heavy (non-hydrogen) atoms. The van der Waals surface area contributed by atoms with Crippen molar-refractivity contribution in [3.63, 3.8) is 0 Å². The highest BCUT2D eigenvalue weighted by molar-refractivity contribution is 5.78. The maximum Gasteiger partial charge on any atom is 0.317 e. The van der Waals surface area contributed by atoms with Crippen molar-refractivity contribution in [3.8, 4) is 5.75 Å². The molecule has 0 spiro atoms. The van der Waals surface area contributed by atoms with Crippen LogP contribution in [0.15, 0.2) is 24.3 Å². The maximum absolute atomic E-state index is 12.2. The molecule has 0 aliphatic carbocycles. The Labute approximate surface area is 167 Å². The fourth-order valence-corrected chi connectivity index (χ4v) is 3.47. The average molecular weight is 392 g/mol. The van der Waals surface area contributed by atoms with Crippen molar-refractivity contribution in [2.24, 2.45) is 0 Å². The van der Waals surface area contributed by atoms with E-state index in [1.807, 2.05) is 50.1 Å². The van der Waals surface area contributed by atoms with E-state index >= 15 is 0 Å². The van der Waals surface area contributed by atoms with Gasteiger partial charge in [-0.2, -0.15) is 0 Å². The molecule has 0 saturated carbocycles. The zero-order valence-electron chi connectivity index (χ0n) is 17.2. The average Bonchev–Trinajstić information content (AvgIpc) is 2.63. The van der Waals surface area contributed by atoms with E-state index in [-0.39, 0.29) is 24.6 Å². The second-order valence-electron chi connectivity index (χ2n) is 7.73. The molecule has 1 aliphatic rings. The maximum atomic E-state index is 12.2. The summed E-state index contributed by atoms with van der Waals surface area (Å²) < 4.78 is 5.63. The van der Waals surface area contributed by atoms with Gasteiger partial charge in [0.15, 0.2) is 0 Å². The molecule has 156 valence electrons. The van der Waals surface area contributed by atoms with Crippen LogP contribution in [0.4, 0.5) is 0 Å². The fraction of sp³-hybridized carbons (Fsp3) is 0.619. The van der Waals surface area contributed by atoms with Gasteiger partial charge >= 0.3 is 5.97 Å². The Morgan fingerprint density at radius 1 is 1.25 bits per heavy atom. The van der Waals surface area contributed by atoms with E-state index in [0.29, 0.717) is 13.1 Å². The minimum Gasteiger partial charge on any atom is -0.491 e. The van der Waals surface area contributed by atoms with Crippen molar-refractivity contribution in [1.29, 1.82) is 0 Å². The number of carbonyl (C=O) groups is 2. The lowest BCUT2D eigenvalue weighted by molar-refractivity contribution is -0.138. The number of nitrogens with zero attached hydrogens (tertiary/aromatic N) is 2. The largest absolute Gasteiger partial charge is 0.491 e. The predicted octanol–water partition coefficient (Wildman–Crippen LogP) is 1.61. The quantitative estimate of drug-likeness (QED) is 0.631. The normalized spacial score (nSPS) is 15.8. The summed E-state index contributed by atoms with van der Waals surface area (Å²) in [6.07, 6.45) is 2.73. The van der Waals surface area contributed by atoms with Gasteiger partial charge in [0.2, 0.25) is 5.91 Å². The standard InChI is InChI=1S/C21H33N3O4/c1-16(2)28-19-6-4-17(5-7-19)8-11-22-20(25)14-24-12-9-18(10-13-24)23(3)15-21(26)27/h4-7,16,18H,8-15H2,1-3H3,(H,22,25)(H,26,27). The first-order chi connectivity index (χ1) is 13.3. The van der Waals surface area contributed by atoms with Gasteiger partial charge in [0.25, 0.3) is 0 Å². The van der Waals surface area contributed by atoms with Crippen molar-refractivity contribution in [3.05, 3.63) is 29.8 Å². The van der Waals surface area contributed by atoms with Gasteiger partial charge in [0.1, 0.15) is 5.75 Å². The van der Waals surface area contributed by atoms with E-state index in [2.05, 4.69) is 10.2 Å². The number of carbonyl (C=O) groups excluding carboxylic acids is 1. The molecule has 7 heteroatoms. The number of amides is 1. The fourth-order valence-electron chi connectivity index (χ4n) is 3.47. The molecule has 1 saturated heterocycles. The van der Waals surface area contributed by atoms with Crippen LogP contribution >= 0.6 is 0 Å². The third-order valence-corrected chi connectivity index (χ3v) is 4.96. The SMILES string of the molecule is CC(C)Oc1ccc(CCNC(=O)CN2CCC(N(C)CC(=O)O)CC2)cc1. The molecule has 2 N–H and O–H groups in total. The van der Waals surface area contributed by atoms with Crippen molar-refractivity contribution < 1.29 is 19.4 Å². The number of hydrogen-bond donors (Lipinski definition) is 2. The minimum atomic E-state index is -0.800. The van der Waals surface area contributed by atoms with Crippen LogP contribution < -0.4 is 10.1 Å². The van der Waals surface area contributed by atoms with Crippen LogP contribution in [0.5, 0.6) is 5.75 Å². The van der Waals surface area contributed by atoms with Gasteiger partial charge in [-0.1, -0.05) is 12.1 Å². The van der Waals surface area contributed by atoms with E-state index in [9.17, 15) is 9.59 Å². The highest BCUT2D eigenvalue weighted by Crippen LogP contribution is 2.15. The lowest BCUT2D eigenvalue weighted by atomic mass is 10.0. The first-order valence-electron chi connectivity index (χ1n) is 10.00. The zero-order chi connectivity index (χ0) is 20.5. The van der Waals surface area contributed by atoms with E-state index in [1.165, 1.54) is 5.56 Å². The van der Waals surface area contributed by atoms with Gasteiger partial charge in [0.05, 0.1) is 19.2 Å². The van der Waals surface area contributed by atoms with Crippen molar-refractivity contribution in [2.45, 2.75) is 45.3 Å². The molecule has 1 aromatic rings. The van der Waals surface area contributed by atoms with E-state index in [1.54, 1.807) is 0 Å². The Kier molecular flexibility index (Phi) is 8.73. The first kappa shape index (κ1) is 22.2. The molecular formula is C21H33N3O4. The molecule has 0 aromatic heterocycles. The molecule has 7 nitrogen and oxygen atoms in total. The summed E-state index contributed by atoms with van der Waals surface area (Å²) in [5.74, 6) is 0.101. The number of piperidine rings is 1. The van der Waals surface area contributed by atoms with Crippen LogP contribution in [0, 0.1) is 0 Å². The summed E-state index contributed by atoms with van der Waals surface area (Å²) in [5.41, 5.74) is 1.17. The summed E-state index contributed by atoms with van der Waals surface area (Å²) in [6, 6.07) is 8.26. The number of likely N-dealkylation sites (N-methyl/N-ethyl adjacent to an activating group) is 1. The molecule has 1 aliphatic heterocycles. The monoisotopic (exact) mass is 391 g/mol. The summed E-state index contributed by atoms with van der Waals surface area (Å²) in [5, 5.41) is 11.9. The second-order valence-corrected chi connectivity index (χ2v) is 7.73. The predicted molar refractivity (Wildman–Crippen MR) is 109 cm³/mol. The van der Waals surface area contributed by atoms with Crippen LogP contribution in [0.25, 0.3) is 0 Å². The number of carboxylic acids is 1. The van der Waals surface area contributed by atoms with Gasteiger partial charge < -0.3 is 15.2 Å². The number of carboxylic acid groups (broad SMARTS) is 1. The molecule has 0 bridgehead atoms. The van der Waals surface area contributed by atoms with Gasteiger partial charge in [-0.05, 0) is 57.9 Å². The molecule has 1 aromatic carbocycles. The van der Waals surface area contributed by atoms with Gasteiger partial charge in [-0.25, -0.2) is 0 Å². The van der Waals surface area contributed by atoms with Crippen LogP contribution in [-0.2, 0) is 16.0 Å². The van der Waals surface area contributed by atoms with Crippen molar-refractivity contribution >= 4 is 11.9 Å². The number of benzene rings is 1. The summed E-state index contributed by atoms with van der Waals surface area (Å²) in [4.78, 5) is 27.0. The molecule has 0 radical (unpaired) electrons. The topological polar surface area (TPSA) is 82.1 Å². The molecule has 2 rings (SSSR count). The second kappa shape index (κ2) is 11.0. The molecular weight excluding hydrogens is 358 g/mol. The molecule has 1 fully saturated rings. The van der Waals surface area contributed by atoms with Crippen LogP contribution in [-0.4, -0.2) is 78.7 Å². The van der Waals surface area contributed by atoms with Crippen molar-refractivity contribution in [1.82, 2.24) is 15.1 Å². The highest BCUT2D eigenvalue weighted by atomic mass is 16.5. The molecule has 0 atom stereocenters. The smallest absolute Gasteiger partial charge is 0.317 e. The summed E-state index contributed by atoms with van der Waals surface area (Å²) in [7, 11) is 1.85. The zero-order valence-corrected chi connectivity index (χ0v) is 17.2. The Morgan fingerprint density at radius 3 is 2.46 bits per heavy atom. The third kappa shape index (κ3) is 7.86. The minimum absolute atomic E-state index is 0.0390. The number of rotatable bonds is 10. The number of ether oxygens (including phenoxy) is 1. The highest BCUT2D eigenvalue weighted by Gasteiger charge is 2.24.